The SMILES string of the molecule is Cc1cn(C2CCCCC2)nc1NC(=O)N(C)Cc1cccc(=O)[nH]1. The molecule has 1 saturated carbocycles. The number of H-pyrrole nitrogens is 1. The molecular weight excluding hydrogens is 318 g/mol. The molecular formula is C18H25N5O2. The first-order valence-corrected chi connectivity index (χ1v) is 8.79. The van der Waals surface area contributed by atoms with Crippen LogP contribution in [0.25, 0.3) is 0 Å². The lowest BCUT2D eigenvalue weighted by Gasteiger charge is -2.21. The number of carbonyl (C=O) groups excluding carboxylic acids is 1. The van der Waals surface area contributed by atoms with Crippen LogP contribution in [0.1, 0.15) is 49.4 Å². The van der Waals surface area contributed by atoms with E-state index < -0.39 is 0 Å². The van der Waals surface area contributed by atoms with Crippen LogP contribution in [0.4, 0.5) is 10.6 Å². The highest BCUT2D eigenvalue weighted by molar-refractivity contribution is 5.88. The first-order valence-electron chi connectivity index (χ1n) is 8.79. The number of pyridine rings is 1. The fourth-order valence-electron chi connectivity index (χ4n) is 3.25. The number of carbonyl (C=O) groups is 1. The van der Waals surface area contributed by atoms with Crippen molar-refractivity contribution < 1.29 is 4.79 Å². The molecule has 2 amide bonds. The average molecular weight is 343 g/mol. The van der Waals surface area contributed by atoms with Gasteiger partial charge in [0.15, 0.2) is 5.82 Å². The molecule has 0 unspecified atom stereocenters. The van der Waals surface area contributed by atoms with Gasteiger partial charge in [-0.2, -0.15) is 5.10 Å². The van der Waals surface area contributed by atoms with Gasteiger partial charge in [-0.05, 0) is 25.8 Å². The summed E-state index contributed by atoms with van der Waals surface area (Å²) in [6.45, 7) is 2.28. The van der Waals surface area contributed by atoms with Crippen LogP contribution in [0.3, 0.4) is 0 Å². The largest absolute Gasteiger partial charge is 0.324 e. The van der Waals surface area contributed by atoms with Crippen molar-refractivity contribution in [2.24, 2.45) is 0 Å². The van der Waals surface area contributed by atoms with Gasteiger partial charge < -0.3 is 9.88 Å². The maximum absolute atomic E-state index is 12.4. The Hall–Kier alpha value is -2.57. The second kappa shape index (κ2) is 7.55. The summed E-state index contributed by atoms with van der Waals surface area (Å²) < 4.78 is 2.00. The molecule has 134 valence electrons. The molecule has 0 aromatic carbocycles. The second-order valence-corrected chi connectivity index (χ2v) is 6.76. The van der Waals surface area contributed by atoms with Crippen LogP contribution in [0, 0.1) is 6.92 Å². The van der Waals surface area contributed by atoms with E-state index in [2.05, 4.69) is 15.4 Å². The summed E-state index contributed by atoms with van der Waals surface area (Å²) in [7, 11) is 1.69. The maximum atomic E-state index is 12.4. The van der Waals surface area contributed by atoms with E-state index in [9.17, 15) is 9.59 Å². The lowest BCUT2D eigenvalue weighted by atomic mass is 9.96. The summed E-state index contributed by atoms with van der Waals surface area (Å²) in [5.74, 6) is 0.601. The van der Waals surface area contributed by atoms with Gasteiger partial charge in [0.05, 0.1) is 12.6 Å². The molecule has 1 aliphatic carbocycles. The fourth-order valence-corrected chi connectivity index (χ4v) is 3.25. The molecule has 0 atom stereocenters. The first kappa shape index (κ1) is 17.3. The summed E-state index contributed by atoms with van der Waals surface area (Å²) in [6, 6.07) is 5.10. The number of hydrogen-bond acceptors (Lipinski definition) is 3. The predicted molar refractivity (Wildman–Crippen MR) is 96.6 cm³/mol. The standard InChI is InChI=1S/C18H25N5O2/c1-13-11-23(15-8-4-3-5-9-15)21-17(13)20-18(25)22(2)12-14-7-6-10-16(24)19-14/h6-7,10-11,15H,3-5,8-9,12H2,1-2H3,(H,19,24)(H,20,21,25). The molecule has 0 bridgehead atoms. The molecule has 7 heteroatoms. The molecule has 2 heterocycles. The highest BCUT2D eigenvalue weighted by atomic mass is 16.2. The zero-order valence-electron chi connectivity index (χ0n) is 14.8. The first-order chi connectivity index (χ1) is 12.0. The maximum Gasteiger partial charge on any atom is 0.323 e. The Morgan fingerprint density at radius 1 is 1.36 bits per heavy atom. The summed E-state index contributed by atoms with van der Waals surface area (Å²) in [5.41, 5.74) is 1.48. The monoisotopic (exact) mass is 343 g/mol. The Balaban J connectivity index is 1.64. The van der Waals surface area contributed by atoms with Crippen LogP contribution in [0.2, 0.25) is 0 Å². The molecule has 0 radical (unpaired) electrons. The van der Waals surface area contributed by atoms with Gasteiger partial charge in [-0.1, -0.05) is 25.3 Å². The topological polar surface area (TPSA) is 83.0 Å². The van der Waals surface area contributed by atoms with Crippen LogP contribution in [0.15, 0.2) is 29.2 Å². The molecule has 2 aromatic heterocycles. The van der Waals surface area contributed by atoms with Crippen LogP contribution in [-0.4, -0.2) is 32.7 Å². The Kier molecular flexibility index (Phi) is 5.21. The van der Waals surface area contributed by atoms with E-state index in [0.717, 1.165) is 18.4 Å². The molecule has 1 fully saturated rings. The number of anilines is 1. The third kappa shape index (κ3) is 4.29. The Morgan fingerprint density at radius 3 is 2.84 bits per heavy atom. The molecule has 25 heavy (non-hydrogen) atoms. The zero-order chi connectivity index (χ0) is 17.8. The highest BCUT2D eigenvalue weighted by Crippen LogP contribution is 2.29. The van der Waals surface area contributed by atoms with Gasteiger partial charge in [0.1, 0.15) is 0 Å². The van der Waals surface area contributed by atoms with Crippen molar-refractivity contribution >= 4 is 11.8 Å². The smallest absolute Gasteiger partial charge is 0.323 e. The van der Waals surface area contributed by atoms with Gasteiger partial charge in [-0.15, -0.1) is 0 Å². The number of hydrogen-bond donors (Lipinski definition) is 2. The molecule has 7 nitrogen and oxygen atoms in total. The number of aryl methyl sites for hydroxylation is 1. The summed E-state index contributed by atoms with van der Waals surface area (Å²) >= 11 is 0. The zero-order valence-corrected chi connectivity index (χ0v) is 14.8. The van der Waals surface area contributed by atoms with Crippen molar-refractivity contribution in [2.45, 2.75) is 51.6 Å². The molecule has 1 aliphatic rings. The van der Waals surface area contributed by atoms with Crippen molar-refractivity contribution in [3.05, 3.63) is 46.0 Å². The van der Waals surface area contributed by atoms with Crippen LogP contribution >= 0.6 is 0 Å². The van der Waals surface area contributed by atoms with E-state index in [0.29, 0.717) is 24.1 Å². The lowest BCUT2D eigenvalue weighted by Crippen LogP contribution is -2.32. The van der Waals surface area contributed by atoms with Crippen molar-refractivity contribution in [3.8, 4) is 0 Å². The molecule has 0 spiro atoms. The van der Waals surface area contributed by atoms with Gasteiger partial charge in [-0.25, -0.2) is 4.79 Å². The normalized spacial score (nSPS) is 15.1. The Labute approximate surface area is 147 Å². The third-order valence-electron chi connectivity index (χ3n) is 4.67. The molecule has 3 rings (SSSR count). The van der Waals surface area contributed by atoms with E-state index >= 15 is 0 Å². The number of nitrogens with one attached hydrogen (secondary N) is 2. The van der Waals surface area contributed by atoms with Gasteiger partial charge in [-0.3, -0.25) is 14.8 Å². The number of aromatic amines is 1. The van der Waals surface area contributed by atoms with Crippen molar-refractivity contribution in [1.29, 1.82) is 0 Å². The summed E-state index contributed by atoms with van der Waals surface area (Å²) in [5, 5.41) is 7.44. The van der Waals surface area contributed by atoms with Crippen molar-refractivity contribution in [1.82, 2.24) is 19.7 Å². The molecule has 0 aliphatic heterocycles. The number of urea groups is 1. The van der Waals surface area contributed by atoms with Gasteiger partial charge in [0.2, 0.25) is 5.56 Å². The van der Waals surface area contributed by atoms with E-state index in [-0.39, 0.29) is 11.6 Å². The predicted octanol–water partition coefficient (Wildman–Crippen LogP) is 3.05. The van der Waals surface area contributed by atoms with Gasteiger partial charge in [0.25, 0.3) is 0 Å². The van der Waals surface area contributed by atoms with Crippen LogP contribution < -0.4 is 10.9 Å². The lowest BCUT2D eigenvalue weighted by molar-refractivity contribution is 0.220. The third-order valence-corrected chi connectivity index (χ3v) is 4.67. The molecule has 0 saturated heterocycles. The fraction of sp³-hybridized carbons (Fsp3) is 0.500. The second-order valence-electron chi connectivity index (χ2n) is 6.76. The molecule has 2 N–H and O–H groups in total. The van der Waals surface area contributed by atoms with Crippen LogP contribution in [0.5, 0.6) is 0 Å². The van der Waals surface area contributed by atoms with Crippen LogP contribution in [-0.2, 0) is 6.54 Å². The number of nitrogens with zero attached hydrogens (tertiary/aromatic N) is 3. The molecule has 2 aromatic rings. The number of rotatable bonds is 4. The van der Waals surface area contributed by atoms with E-state index in [4.69, 9.17) is 0 Å². The number of aromatic nitrogens is 3. The van der Waals surface area contributed by atoms with Gasteiger partial charge >= 0.3 is 6.03 Å². The minimum Gasteiger partial charge on any atom is -0.324 e. The minimum atomic E-state index is -0.248. The van der Waals surface area contributed by atoms with Crippen molar-refractivity contribution in [3.63, 3.8) is 0 Å². The van der Waals surface area contributed by atoms with E-state index in [1.54, 1.807) is 19.2 Å². The minimum absolute atomic E-state index is 0.173. The summed E-state index contributed by atoms with van der Waals surface area (Å²) in [6.07, 6.45) is 8.09. The number of amides is 2. The Morgan fingerprint density at radius 2 is 2.12 bits per heavy atom. The summed E-state index contributed by atoms with van der Waals surface area (Å²) in [4.78, 5) is 28.0. The Bertz CT molecular complexity index is 789. The van der Waals surface area contributed by atoms with E-state index in [1.807, 2.05) is 17.8 Å². The average Bonchev–Trinajstić information content (AvgIpc) is 2.96. The quantitative estimate of drug-likeness (QED) is 0.895. The van der Waals surface area contributed by atoms with Gasteiger partial charge in [0, 0.05) is 30.6 Å². The highest BCUT2D eigenvalue weighted by Gasteiger charge is 2.19. The van der Waals surface area contributed by atoms with Crippen molar-refractivity contribution in [2.75, 3.05) is 12.4 Å². The van der Waals surface area contributed by atoms with E-state index in [1.165, 1.54) is 30.2 Å².